The third-order valence-corrected chi connectivity index (χ3v) is 6.32. The molecule has 1 aliphatic heterocycles. The third-order valence-electron chi connectivity index (χ3n) is 4.25. The molecule has 3 heterocycles. The van der Waals surface area contributed by atoms with Crippen molar-refractivity contribution in [2.75, 3.05) is 19.7 Å². The van der Waals surface area contributed by atoms with Gasteiger partial charge in [0.15, 0.2) is 0 Å². The molecule has 0 saturated carbocycles. The quantitative estimate of drug-likeness (QED) is 0.839. The molecule has 0 aliphatic carbocycles. The van der Waals surface area contributed by atoms with Gasteiger partial charge in [-0.25, -0.2) is 0 Å². The Morgan fingerprint density at radius 2 is 2.26 bits per heavy atom. The van der Waals surface area contributed by atoms with Crippen molar-refractivity contribution in [3.8, 4) is 11.8 Å². The van der Waals surface area contributed by atoms with E-state index < -0.39 is 0 Å². The van der Waals surface area contributed by atoms with Gasteiger partial charge in [0.05, 0.1) is 6.10 Å². The second kappa shape index (κ2) is 7.61. The smallest absolute Gasteiger partial charge is 0.104 e. The fourth-order valence-electron chi connectivity index (χ4n) is 3.10. The van der Waals surface area contributed by atoms with Gasteiger partial charge in [-0.2, -0.15) is 0 Å². The Morgan fingerprint density at radius 1 is 1.39 bits per heavy atom. The van der Waals surface area contributed by atoms with Crippen molar-refractivity contribution in [3.63, 3.8) is 0 Å². The summed E-state index contributed by atoms with van der Waals surface area (Å²) in [5.41, 5.74) is 2.27. The number of likely N-dealkylation sites (tertiary alicyclic amines) is 1. The molecule has 0 unspecified atom stereocenters. The molecule has 122 valence electrons. The van der Waals surface area contributed by atoms with Crippen LogP contribution < -0.4 is 0 Å². The van der Waals surface area contributed by atoms with Gasteiger partial charge in [-0.1, -0.05) is 11.8 Å². The van der Waals surface area contributed by atoms with Crippen LogP contribution in [-0.2, 0) is 6.54 Å². The minimum atomic E-state index is -0.297. The number of β-amino-alcohol motifs (C(OH)–C–C–N with tert-alkyl or cyclic N) is 1. The zero-order valence-corrected chi connectivity index (χ0v) is 14.8. The minimum Gasteiger partial charge on any atom is -0.391 e. The number of aliphatic hydroxyl groups excluding tert-OH is 2. The minimum absolute atomic E-state index is 0.104. The number of aliphatic hydroxyl groups is 2. The summed E-state index contributed by atoms with van der Waals surface area (Å²) in [7, 11) is 0. The van der Waals surface area contributed by atoms with Crippen molar-refractivity contribution in [1.29, 1.82) is 0 Å². The first-order valence-electron chi connectivity index (χ1n) is 7.79. The number of hydrogen-bond acceptors (Lipinski definition) is 5. The highest BCUT2D eigenvalue weighted by Gasteiger charge is 2.30. The summed E-state index contributed by atoms with van der Waals surface area (Å²) in [6.07, 6.45) is 0.708. The molecular weight excluding hydrogens is 326 g/mol. The van der Waals surface area contributed by atoms with Crippen LogP contribution in [0, 0.1) is 18.8 Å². The lowest BCUT2D eigenvalue weighted by molar-refractivity contribution is 0.0490. The van der Waals surface area contributed by atoms with Gasteiger partial charge in [0.2, 0.25) is 0 Å². The van der Waals surface area contributed by atoms with Gasteiger partial charge in [-0.05, 0) is 43.0 Å². The van der Waals surface area contributed by atoms with E-state index in [1.807, 2.05) is 5.38 Å². The van der Waals surface area contributed by atoms with E-state index in [0.717, 1.165) is 31.6 Å². The predicted molar refractivity (Wildman–Crippen MR) is 96.0 cm³/mol. The molecule has 2 aromatic heterocycles. The van der Waals surface area contributed by atoms with Gasteiger partial charge < -0.3 is 10.2 Å². The predicted octanol–water partition coefficient (Wildman–Crippen LogP) is 2.81. The van der Waals surface area contributed by atoms with Crippen LogP contribution in [0.4, 0.5) is 0 Å². The van der Waals surface area contributed by atoms with Crippen molar-refractivity contribution in [2.24, 2.45) is 0 Å². The van der Waals surface area contributed by atoms with Crippen molar-refractivity contribution in [2.45, 2.75) is 31.9 Å². The summed E-state index contributed by atoms with van der Waals surface area (Å²) in [5, 5.41) is 23.4. The Labute approximate surface area is 145 Å². The number of rotatable bonds is 3. The van der Waals surface area contributed by atoms with Gasteiger partial charge in [-0.15, -0.1) is 22.7 Å². The van der Waals surface area contributed by atoms with Crippen LogP contribution in [0.1, 0.15) is 33.2 Å². The largest absolute Gasteiger partial charge is 0.391 e. The van der Waals surface area contributed by atoms with Gasteiger partial charge in [0.25, 0.3) is 0 Å². The zero-order valence-electron chi connectivity index (χ0n) is 13.2. The molecule has 2 atom stereocenters. The van der Waals surface area contributed by atoms with Gasteiger partial charge in [0.1, 0.15) is 6.61 Å². The lowest BCUT2D eigenvalue weighted by Gasteiger charge is -2.35. The Balaban J connectivity index is 1.60. The van der Waals surface area contributed by atoms with Crippen LogP contribution in [0.5, 0.6) is 0 Å². The summed E-state index contributed by atoms with van der Waals surface area (Å²) in [6, 6.07) is 4.22. The fraction of sp³-hybridized carbons (Fsp3) is 0.444. The van der Waals surface area contributed by atoms with Crippen molar-refractivity contribution in [3.05, 3.63) is 43.8 Å². The van der Waals surface area contributed by atoms with E-state index in [9.17, 15) is 5.11 Å². The third kappa shape index (κ3) is 4.03. The van der Waals surface area contributed by atoms with Gasteiger partial charge in [0, 0.05) is 39.7 Å². The maximum Gasteiger partial charge on any atom is 0.104 e. The van der Waals surface area contributed by atoms with E-state index in [1.54, 1.807) is 22.7 Å². The van der Waals surface area contributed by atoms with Crippen LogP contribution in [-0.4, -0.2) is 40.9 Å². The number of nitrogens with zero attached hydrogens (tertiary/aromatic N) is 1. The molecule has 0 spiro atoms. The molecule has 23 heavy (non-hydrogen) atoms. The Morgan fingerprint density at radius 3 is 2.96 bits per heavy atom. The van der Waals surface area contributed by atoms with Crippen LogP contribution >= 0.6 is 22.7 Å². The van der Waals surface area contributed by atoms with Crippen LogP contribution in [0.25, 0.3) is 0 Å². The van der Waals surface area contributed by atoms with E-state index in [4.69, 9.17) is 5.11 Å². The van der Waals surface area contributed by atoms with Crippen molar-refractivity contribution in [1.82, 2.24) is 4.90 Å². The lowest BCUT2D eigenvalue weighted by Crippen LogP contribution is -2.42. The molecule has 5 heteroatoms. The highest BCUT2D eigenvalue weighted by Crippen LogP contribution is 2.34. The maximum atomic E-state index is 10.6. The first kappa shape index (κ1) is 16.7. The standard InChI is InChI=1S/C18H21NO2S2/c1-13-5-8-22-18(13)16-4-6-19(11-17(16)21)10-15-9-14(12-23-15)3-2-7-20/h5,8-9,12,16-17,20-21H,4,6-7,10-11H2,1H3/t16-,17-/m1/s1. The van der Waals surface area contributed by atoms with Crippen LogP contribution in [0.3, 0.4) is 0 Å². The molecule has 2 aromatic rings. The molecule has 0 aromatic carbocycles. The maximum absolute atomic E-state index is 10.6. The topological polar surface area (TPSA) is 43.7 Å². The average Bonchev–Trinajstić information content (AvgIpc) is 3.15. The SMILES string of the molecule is Cc1ccsc1[C@@H]1CCN(Cc2cc(C#CCO)cs2)C[C@H]1O. The molecule has 3 nitrogen and oxygen atoms in total. The molecule has 1 aliphatic rings. The first-order valence-corrected chi connectivity index (χ1v) is 9.55. The van der Waals surface area contributed by atoms with Crippen molar-refractivity contribution < 1.29 is 10.2 Å². The Bertz CT molecular complexity index is 710. The number of hydrogen-bond donors (Lipinski definition) is 2. The molecular formula is C18H21NO2S2. The monoisotopic (exact) mass is 347 g/mol. The molecule has 2 N–H and O–H groups in total. The molecule has 1 fully saturated rings. The van der Waals surface area contributed by atoms with E-state index in [-0.39, 0.29) is 18.6 Å². The summed E-state index contributed by atoms with van der Waals surface area (Å²) < 4.78 is 0. The number of aryl methyl sites for hydroxylation is 1. The summed E-state index contributed by atoms with van der Waals surface area (Å²) in [6.45, 7) is 4.61. The van der Waals surface area contributed by atoms with Crippen LogP contribution in [0.2, 0.25) is 0 Å². The van der Waals surface area contributed by atoms with Gasteiger partial charge >= 0.3 is 0 Å². The molecule has 0 amide bonds. The van der Waals surface area contributed by atoms with Crippen molar-refractivity contribution >= 4 is 22.7 Å². The first-order chi connectivity index (χ1) is 11.2. The summed E-state index contributed by atoms with van der Waals surface area (Å²) in [5.74, 6) is 5.89. The summed E-state index contributed by atoms with van der Waals surface area (Å²) in [4.78, 5) is 4.92. The van der Waals surface area contributed by atoms with Gasteiger partial charge in [-0.3, -0.25) is 4.90 Å². The second-order valence-electron chi connectivity index (χ2n) is 5.93. The number of piperidine rings is 1. The Kier molecular flexibility index (Phi) is 5.52. The highest BCUT2D eigenvalue weighted by molar-refractivity contribution is 7.10. The second-order valence-corrected chi connectivity index (χ2v) is 7.87. The van der Waals surface area contributed by atoms with E-state index in [1.165, 1.54) is 15.3 Å². The molecule has 0 radical (unpaired) electrons. The highest BCUT2D eigenvalue weighted by atomic mass is 32.1. The summed E-state index contributed by atoms with van der Waals surface area (Å²) >= 11 is 3.45. The van der Waals surface area contributed by atoms with E-state index >= 15 is 0 Å². The lowest BCUT2D eigenvalue weighted by atomic mass is 9.90. The van der Waals surface area contributed by atoms with Crippen LogP contribution in [0.15, 0.2) is 22.9 Å². The Hall–Kier alpha value is -1.16. The fourth-order valence-corrected chi connectivity index (χ4v) is 5.08. The average molecular weight is 348 g/mol. The number of thiophene rings is 2. The molecule has 3 rings (SSSR count). The normalized spacial score (nSPS) is 21.9. The van der Waals surface area contributed by atoms with E-state index in [2.05, 4.69) is 41.2 Å². The van der Waals surface area contributed by atoms with E-state index in [0.29, 0.717) is 0 Å². The molecule has 0 bridgehead atoms. The zero-order chi connectivity index (χ0) is 16.2. The molecule has 1 saturated heterocycles.